The summed E-state index contributed by atoms with van der Waals surface area (Å²) in [6.07, 6.45) is -0.00740. The molecule has 7 heteroatoms. The molecule has 3 amide bonds. The van der Waals surface area contributed by atoms with Crippen molar-refractivity contribution < 1.29 is 19.1 Å². The minimum absolute atomic E-state index is 0.0851. The summed E-state index contributed by atoms with van der Waals surface area (Å²) in [5.74, 6) is -0.606. The van der Waals surface area contributed by atoms with Gasteiger partial charge < -0.3 is 20.7 Å². The van der Waals surface area contributed by atoms with E-state index in [-0.39, 0.29) is 24.9 Å². The fraction of sp³-hybridized carbons (Fsp3) is 0.276. The zero-order valence-electron chi connectivity index (χ0n) is 20.6. The van der Waals surface area contributed by atoms with Crippen molar-refractivity contribution in [2.45, 2.75) is 45.4 Å². The molecular formula is C29H33N3O4. The van der Waals surface area contributed by atoms with Crippen molar-refractivity contribution in [1.29, 1.82) is 0 Å². The van der Waals surface area contributed by atoms with E-state index in [0.717, 1.165) is 11.1 Å². The van der Waals surface area contributed by atoms with E-state index in [0.29, 0.717) is 12.1 Å². The highest BCUT2D eigenvalue weighted by Crippen LogP contribution is 2.12. The van der Waals surface area contributed by atoms with E-state index < -0.39 is 24.1 Å². The van der Waals surface area contributed by atoms with Crippen molar-refractivity contribution in [3.8, 4) is 0 Å². The third-order valence-corrected chi connectivity index (χ3v) is 5.49. The highest BCUT2D eigenvalue weighted by atomic mass is 16.5. The molecule has 0 aliphatic heterocycles. The first-order valence-electron chi connectivity index (χ1n) is 12.1. The van der Waals surface area contributed by atoms with E-state index in [1.807, 2.05) is 92.7 Å². The summed E-state index contributed by atoms with van der Waals surface area (Å²) in [4.78, 5) is 38.9. The van der Waals surface area contributed by atoms with Gasteiger partial charge in [0.1, 0.15) is 18.7 Å². The fourth-order valence-corrected chi connectivity index (χ4v) is 3.69. The number of anilines is 1. The van der Waals surface area contributed by atoms with E-state index >= 15 is 0 Å². The normalized spacial score (nSPS) is 12.3. The lowest BCUT2D eigenvalue weighted by molar-refractivity contribution is -0.128. The Morgan fingerprint density at radius 3 is 1.83 bits per heavy atom. The van der Waals surface area contributed by atoms with E-state index in [9.17, 15) is 14.4 Å². The minimum Gasteiger partial charge on any atom is -0.445 e. The van der Waals surface area contributed by atoms with Gasteiger partial charge in [-0.25, -0.2) is 4.79 Å². The lowest BCUT2D eigenvalue weighted by Crippen LogP contribution is -2.53. The van der Waals surface area contributed by atoms with Crippen LogP contribution in [0.1, 0.15) is 31.4 Å². The molecule has 0 unspecified atom stereocenters. The monoisotopic (exact) mass is 487 g/mol. The van der Waals surface area contributed by atoms with E-state index in [1.165, 1.54) is 0 Å². The molecule has 3 N–H and O–H groups in total. The first kappa shape index (κ1) is 26.5. The quantitative estimate of drug-likeness (QED) is 0.365. The van der Waals surface area contributed by atoms with Gasteiger partial charge in [-0.15, -0.1) is 0 Å². The van der Waals surface area contributed by atoms with Crippen molar-refractivity contribution in [3.63, 3.8) is 0 Å². The zero-order valence-corrected chi connectivity index (χ0v) is 20.6. The van der Waals surface area contributed by atoms with Crippen LogP contribution >= 0.6 is 0 Å². The van der Waals surface area contributed by atoms with Gasteiger partial charge in [0.05, 0.1) is 0 Å². The van der Waals surface area contributed by atoms with Gasteiger partial charge >= 0.3 is 6.09 Å². The van der Waals surface area contributed by atoms with Crippen LogP contribution < -0.4 is 16.0 Å². The number of ether oxygens (including phenoxy) is 1. The maximum Gasteiger partial charge on any atom is 0.408 e. The minimum atomic E-state index is -0.921. The average molecular weight is 488 g/mol. The first-order chi connectivity index (χ1) is 17.4. The first-order valence-corrected chi connectivity index (χ1v) is 12.1. The van der Waals surface area contributed by atoms with Crippen LogP contribution in [0.25, 0.3) is 0 Å². The summed E-state index contributed by atoms with van der Waals surface area (Å²) in [6, 6.07) is 26.1. The van der Waals surface area contributed by atoms with Gasteiger partial charge in [0.2, 0.25) is 11.8 Å². The highest BCUT2D eigenvalue weighted by Gasteiger charge is 2.28. The Morgan fingerprint density at radius 1 is 0.694 bits per heavy atom. The van der Waals surface area contributed by atoms with E-state index in [1.54, 1.807) is 12.1 Å². The number of para-hydroxylation sites is 1. The Kier molecular flexibility index (Phi) is 10.1. The van der Waals surface area contributed by atoms with Crippen LogP contribution in [0.15, 0.2) is 91.0 Å². The van der Waals surface area contributed by atoms with Crippen molar-refractivity contribution in [1.82, 2.24) is 10.6 Å². The van der Waals surface area contributed by atoms with Gasteiger partial charge in [0.25, 0.3) is 0 Å². The fourth-order valence-electron chi connectivity index (χ4n) is 3.69. The van der Waals surface area contributed by atoms with Gasteiger partial charge in [0, 0.05) is 12.1 Å². The number of hydrogen-bond donors (Lipinski definition) is 3. The molecule has 0 fully saturated rings. The second-order valence-electron chi connectivity index (χ2n) is 8.99. The maximum atomic E-state index is 13.3. The van der Waals surface area contributed by atoms with Gasteiger partial charge in [-0.2, -0.15) is 0 Å². The number of carbonyl (C=O) groups excluding carboxylic acids is 3. The number of benzene rings is 3. The Labute approximate surface area is 212 Å². The standard InChI is InChI=1S/C29H33N3O4/c1-21(2)18-25(27(33)30-24-16-10-5-11-17-24)31-28(34)26(19-22-12-6-3-7-13-22)32-29(35)36-20-23-14-8-4-9-15-23/h3-17,21,25-26H,18-20H2,1-2H3,(H,30,33)(H,31,34)(H,32,35)/t25-,26-/m0/s1. The molecule has 0 heterocycles. The number of nitrogens with one attached hydrogen (secondary N) is 3. The molecule has 0 aliphatic rings. The lowest BCUT2D eigenvalue weighted by atomic mass is 10.0. The number of carbonyl (C=O) groups is 3. The molecule has 0 radical (unpaired) electrons. The number of alkyl carbamates (subject to hydrolysis) is 1. The van der Waals surface area contributed by atoms with Crippen molar-refractivity contribution >= 4 is 23.6 Å². The molecule has 3 aromatic carbocycles. The van der Waals surface area contributed by atoms with E-state index in [2.05, 4.69) is 16.0 Å². The van der Waals surface area contributed by atoms with Gasteiger partial charge in [-0.1, -0.05) is 92.7 Å². The van der Waals surface area contributed by atoms with Crippen LogP contribution in [0.4, 0.5) is 10.5 Å². The largest absolute Gasteiger partial charge is 0.445 e. The van der Waals surface area contributed by atoms with Crippen molar-refractivity contribution in [3.05, 3.63) is 102 Å². The Morgan fingerprint density at radius 2 is 1.25 bits per heavy atom. The predicted molar refractivity (Wildman–Crippen MR) is 140 cm³/mol. The molecule has 188 valence electrons. The molecule has 0 saturated heterocycles. The van der Waals surface area contributed by atoms with Crippen LogP contribution in [-0.2, 0) is 27.4 Å². The molecule has 0 bridgehead atoms. The van der Waals surface area contributed by atoms with Crippen LogP contribution in [-0.4, -0.2) is 30.0 Å². The zero-order chi connectivity index (χ0) is 25.8. The summed E-state index contributed by atoms with van der Waals surface area (Å²) < 4.78 is 5.33. The third-order valence-electron chi connectivity index (χ3n) is 5.49. The van der Waals surface area contributed by atoms with Crippen LogP contribution in [0.5, 0.6) is 0 Å². The number of hydrogen-bond acceptors (Lipinski definition) is 4. The molecule has 3 aromatic rings. The molecule has 0 aromatic heterocycles. The molecule has 36 heavy (non-hydrogen) atoms. The maximum absolute atomic E-state index is 13.3. The Balaban J connectivity index is 1.70. The van der Waals surface area contributed by atoms with E-state index in [4.69, 9.17) is 4.74 Å². The third kappa shape index (κ3) is 8.91. The molecule has 0 spiro atoms. The van der Waals surface area contributed by atoms with Gasteiger partial charge in [0.15, 0.2) is 0 Å². The van der Waals surface area contributed by atoms with Crippen molar-refractivity contribution in [2.24, 2.45) is 5.92 Å². The summed E-state index contributed by atoms with van der Waals surface area (Å²) in [5.41, 5.74) is 2.36. The van der Waals surface area contributed by atoms with Gasteiger partial charge in [-0.05, 0) is 35.6 Å². The molecular weight excluding hydrogens is 454 g/mol. The second kappa shape index (κ2) is 13.7. The van der Waals surface area contributed by atoms with Crippen molar-refractivity contribution in [2.75, 3.05) is 5.32 Å². The van der Waals surface area contributed by atoms with Crippen LogP contribution in [0, 0.1) is 5.92 Å². The Hall–Kier alpha value is -4.13. The predicted octanol–water partition coefficient (Wildman–Crippen LogP) is 4.69. The van der Waals surface area contributed by atoms with Gasteiger partial charge in [-0.3, -0.25) is 9.59 Å². The molecule has 0 aliphatic carbocycles. The summed E-state index contributed by atoms with van der Waals surface area (Å²) in [7, 11) is 0. The lowest BCUT2D eigenvalue weighted by Gasteiger charge is -2.24. The molecule has 3 rings (SSSR count). The number of amides is 3. The molecule has 2 atom stereocenters. The summed E-state index contributed by atoms with van der Waals surface area (Å²) in [6.45, 7) is 4.05. The van der Waals surface area contributed by atoms with Crippen LogP contribution in [0.3, 0.4) is 0 Å². The SMILES string of the molecule is CC(C)C[C@H](NC(=O)[C@H](Cc1ccccc1)NC(=O)OCc1ccccc1)C(=O)Nc1ccccc1. The average Bonchev–Trinajstić information content (AvgIpc) is 2.88. The Bertz CT molecular complexity index is 1110. The molecule has 7 nitrogen and oxygen atoms in total. The molecule has 0 saturated carbocycles. The summed E-state index contributed by atoms with van der Waals surface area (Å²) >= 11 is 0. The highest BCUT2D eigenvalue weighted by molar-refractivity contribution is 5.98. The topological polar surface area (TPSA) is 96.5 Å². The van der Waals surface area contributed by atoms with Crippen LogP contribution in [0.2, 0.25) is 0 Å². The number of rotatable bonds is 11. The smallest absolute Gasteiger partial charge is 0.408 e. The second-order valence-corrected chi connectivity index (χ2v) is 8.99. The summed E-state index contributed by atoms with van der Waals surface area (Å²) in [5, 5.41) is 8.38.